The maximum absolute atomic E-state index is 12.7. The highest BCUT2D eigenvalue weighted by molar-refractivity contribution is 5.78. The van der Waals surface area contributed by atoms with E-state index in [1.54, 1.807) is 6.20 Å². The highest BCUT2D eigenvalue weighted by atomic mass is 16.3. The molecule has 5 nitrogen and oxygen atoms in total. The minimum atomic E-state index is 0.0128. The monoisotopic (exact) mass is 341 g/mol. The van der Waals surface area contributed by atoms with Gasteiger partial charge in [0.2, 0.25) is 5.91 Å². The van der Waals surface area contributed by atoms with Crippen molar-refractivity contribution in [3.05, 3.63) is 53.9 Å². The van der Waals surface area contributed by atoms with Crippen LogP contribution in [0, 0.1) is 5.92 Å². The maximum Gasteiger partial charge on any atom is 0.225 e. The molecule has 25 heavy (non-hydrogen) atoms. The smallest absolute Gasteiger partial charge is 0.225 e. The van der Waals surface area contributed by atoms with Crippen LogP contribution in [-0.2, 0) is 17.8 Å². The van der Waals surface area contributed by atoms with Gasteiger partial charge in [0.25, 0.3) is 0 Å². The first-order valence-electron chi connectivity index (χ1n) is 9.14. The summed E-state index contributed by atoms with van der Waals surface area (Å²) in [5.74, 6) is 0.688. The summed E-state index contributed by atoms with van der Waals surface area (Å²) < 4.78 is 1.89. The lowest BCUT2D eigenvalue weighted by Crippen LogP contribution is -2.41. The number of amides is 1. The van der Waals surface area contributed by atoms with Crippen LogP contribution in [0.3, 0.4) is 0 Å². The topological polar surface area (TPSA) is 58.4 Å². The SMILES string of the molecule is CC(Cc1ccccc1)C(=O)N1CCC(c2ccnn2CCO)CC1. The van der Waals surface area contributed by atoms with Gasteiger partial charge in [0, 0.05) is 36.8 Å². The number of aliphatic hydroxyl groups is 1. The molecule has 1 amide bonds. The van der Waals surface area contributed by atoms with Gasteiger partial charge in [-0.05, 0) is 30.9 Å². The molecule has 1 fully saturated rings. The Labute approximate surface area is 149 Å². The van der Waals surface area contributed by atoms with E-state index in [4.69, 9.17) is 5.11 Å². The van der Waals surface area contributed by atoms with Crippen LogP contribution in [-0.4, -0.2) is 45.4 Å². The third-order valence-corrected chi connectivity index (χ3v) is 5.09. The van der Waals surface area contributed by atoms with Gasteiger partial charge in [-0.1, -0.05) is 37.3 Å². The lowest BCUT2D eigenvalue weighted by Gasteiger charge is -2.34. The molecule has 0 bridgehead atoms. The van der Waals surface area contributed by atoms with Crippen molar-refractivity contribution in [2.24, 2.45) is 5.92 Å². The van der Waals surface area contributed by atoms with Gasteiger partial charge in [-0.3, -0.25) is 9.48 Å². The van der Waals surface area contributed by atoms with Gasteiger partial charge in [0.05, 0.1) is 13.2 Å². The van der Waals surface area contributed by atoms with Crippen LogP contribution in [0.4, 0.5) is 0 Å². The standard InChI is InChI=1S/C20H27N3O2/c1-16(15-17-5-3-2-4-6-17)20(25)22-11-8-18(9-12-22)19-7-10-21-23(19)13-14-24/h2-7,10,16,18,24H,8-9,11-15H2,1H3. The summed E-state index contributed by atoms with van der Waals surface area (Å²) in [6.07, 6.45) is 4.51. The van der Waals surface area contributed by atoms with Crippen LogP contribution in [0.1, 0.15) is 36.9 Å². The number of hydrogen-bond acceptors (Lipinski definition) is 3. The van der Waals surface area contributed by atoms with Crippen LogP contribution in [0.25, 0.3) is 0 Å². The Kier molecular flexibility index (Phi) is 5.87. The number of likely N-dealkylation sites (tertiary alicyclic amines) is 1. The van der Waals surface area contributed by atoms with Gasteiger partial charge in [-0.15, -0.1) is 0 Å². The minimum absolute atomic E-state index is 0.0128. The molecule has 1 aliphatic heterocycles. The van der Waals surface area contributed by atoms with Gasteiger partial charge in [-0.25, -0.2) is 0 Å². The number of hydrogen-bond donors (Lipinski definition) is 1. The molecule has 1 atom stereocenters. The number of piperidine rings is 1. The second-order valence-corrected chi connectivity index (χ2v) is 6.89. The Morgan fingerprint density at radius 3 is 2.64 bits per heavy atom. The van der Waals surface area contributed by atoms with E-state index in [1.165, 1.54) is 11.3 Å². The van der Waals surface area contributed by atoms with Gasteiger partial charge < -0.3 is 10.0 Å². The predicted octanol–water partition coefficient (Wildman–Crippen LogP) is 2.46. The predicted molar refractivity (Wildman–Crippen MR) is 97.2 cm³/mol. The molecular formula is C20H27N3O2. The summed E-state index contributed by atoms with van der Waals surface area (Å²) in [6.45, 7) is 4.26. The van der Waals surface area contributed by atoms with Crippen molar-refractivity contribution in [1.29, 1.82) is 0 Å². The second-order valence-electron chi connectivity index (χ2n) is 6.89. The van der Waals surface area contributed by atoms with E-state index in [0.29, 0.717) is 12.5 Å². The molecule has 2 aromatic rings. The second kappa shape index (κ2) is 8.30. The third kappa shape index (κ3) is 4.28. The molecule has 5 heteroatoms. The highest BCUT2D eigenvalue weighted by Crippen LogP contribution is 2.28. The van der Waals surface area contributed by atoms with Crippen molar-refractivity contribution < 1.29 is 9.90 Å². The van der Waals surface area contributed by atoms with Crippen LogP contribution in [0.5, 0.6) is 0 Å². The Morgan fingerprint density at radius 2 is 1.96 bits per heavy atom. The first kappa shape index (κ1) is 17.7. The molecule has 0 spiro atoms. The normalized spacial score (nSPS) is 16.8. The van der Waals surface area contributed by atoms with Crippen molar-refractivity contribution in [3.63, 3.8) is 0 Å². The zero-order chi connectivity index (χ0) is 17.6. The quantitative estimate of drug-likeness (QED) is 0.878. The van der Waals surface area contributed by atoms with E-state index in [9.17, 15) is 4.79 Å². The zero-order valence-corrected chi connectivity index (χ0v) is 14.8. The summed E-state index contributed by atoms with van der Waals surface area (Å²) in [6, 6.07) is 12.2. The average molecular weight is 341 g/mol. The molecule has 0 saturated carbocycles. The van der Waals surface area contributed by atoms with Crippen LogP contribution >= 0.6 is 0 Å². The number of carbonyl (C=O) groups is 1. The van der Waals surface area contributed by atoms with E-state index in [0.717, 1.165) is 32.4 Å². The molecule has 1 aromatic carbocycles. The van der Waals surface area contributed by atoms with Gasteiger partial charge in [-0.2, -0.15) is 5.10 Å². The Hall–Kier alpha value is -2.14. The van der Waals surface area contributed by atoms with Crippen molar-refractivity contribution in [1.82, 2.24) is 14.7 Å². The molecule has 1 aliphatic rings. The highest BCUT2D eigenvalue weighted by Gasteiger charge is 2.28. The number of rotatable bonds is 6. The Morgan fingerprint density at radius 1 is 1.24 bits per heavy atom. The average Bonchev–Trinajstić information content (AvgIpc) is 3.11. The lowest BCUT2D eigenvalue weighted by atomic mass is 9.92. The molecule has 3 rings (SSSR count). The number of nitrogens with zero attached hydrogens (tertiary/aromatic N) is 3. The van der Waals surface area contributed by atoms with Gasteiger partial charge in [0.15, 0.2) is 0 Å². The Balaban J connectivity index is 1.54. The molecule has 1 N–H and O–H groups in total. The first-order chi connectivity index (χ1) is 12.2. The van der Waals surface area contributed by atoms with Crippen LogP contribution in [0.15, 0.2) is 42.6 Å². The molecule has 1 aromatic heterocycles. The number of benzene rings is 1. The largest absolute Gasteiger partial charge is 0.394 e. The van der Waals surface area contributed by atoms with E-state index in [-0.39, 0.29) is 18.4 Å². The summed E-state index contributed by atoms with van der Waals surface area (Å²) in [4.78, 5) is 14.8. The Bertz CT molecular complexity index is 675. The van der Waals surface area contributed by atoms with Gasteiger partial charge in [0.1, 0.15) is 0 Å². The van der Waals surface area contributed by atoms with Gasteiger partial charge >= 0.3 is 0 Å². The summed E-state index contributed by atoms with van der Waals surface area (Å²) >= 11 is 0. The fourth-order valence-electron chi connectivity index (χ4n) is 3.73. The maximum atomic E-state index is 12.7. The number of carbonyl (C=O) groups excluding carboxylic acids is 1. The van der Waals surface area contributed by atoms with E-state index >= 15 is 0 Å². The van der Waals surface area contributed by atoms with Crippen LogP contribution < -0.4 is 0 Å². The van der Waals surface area contributed by atoms with Crippen molar-refractivity contribution in [2.75, 3.05) is 19.7 Å². The number of aromatic nitrogens is 2. The van der Waals surface area contributed by atoms with Crippen molar-refractivity contribution in [2.45, 2.75) is 38.6 Å². The lowest BCUT2D eigenvalue weighted by molar-refractivity contribution is -0.136. The summed E-state index contributed by atoms with van der Waals surface area (Å²) in [5.41, 5.74) is 2.39. The van der Waals surface area contributed by atoms with E-state index in [1.807, 2.05) is 40.8 Å². The summed E-state index contributed by atoms with van der Waals surface area (Å²) in [5, 5.41) is 13.4. The molecule has 134 valence electrons. The minimum Gasteiger partial charge on any atom is -0.394 e. The fraction of sp³-hybridized carbons (Fsp3) is 0.500. The molecular weight excluding hydrogens is 314 g/mol. The number of aliphatic hydroxyl groups excluding tert-OH is 1. The summed E-state index contributed by atoms with van der Waals surface area (Å²) in [7, 11) is 0. The molecule has 0 radical (unpaired) electrons. The molecule has 1 saturated heterocycles. The van der Waals surface area contributed by atoms with Crippen LogP contribution in [0.2, 0.25) is 0 Å². The third-order valence-electron chi connectivity index (χ3n) is 5.09. The first-order valence-corrected chi connectivity index (χ1v) is 9.14. The van der Waals surface area contributed by atoms with E-state index in [2.05, 4.69) is 17.2 Å². The van der Waals surface area contributed by atoms with Crippen molar-refractivity contribution in [3.8, 4) is 0 Å². The molecule has 1 unspecified atom stereocenters. The van der Waals surface area contributed by atoms with Crippen molar-refractivity contribution >= 4 is 5.91 Å². The fourth-order valence-corrected chi connectivity index (χ4v) is 3.73. The molecule has 0 aliphatic carbocycles. The van der Waals surface area contributed by atoms with E-state index < -0.39 is 0 Å². The molecule has 2 heterocycles. The zero-order valence-electron chi connectivity index (χ0n) is 14.8.